The third kappa shape index (κ3) is 3.50. The number of hydrogen-bond donors (Lipinski definition) is 1. The van der Waals surface area contributed by atoms with Crippen molar-refractivity contribution in [3.63, 3.8) is 0 Å². The van der Waals surface area contributed by atoms with Gasteiger partial charge in [0.05, 0.1) is 12.6 Å². The number of rotatable bonds is 4. The van der Waals surface area contributed by atoms with Crippen molar-refractivity contribution in [1.82, 2.24) is 0 Å². The van der Waals surface area contributed by atoms with Crippen LogP contribution in [0.15, 0.2) is 46.9 Å². The molecule has 0 bridgehead atoms. The van der Waals surface area contributed by atoms with E-state index in [1.807, 2.05) is 49.4 Å². The van der Waals surface area contributed by atoms with Gasteiger partial charge >= 0.3 is 0 Å². The van der Waals surface area contributed by atoms with Gasteiger partial charge in [-0.05, 0) is 42.3 Å². The number of nitrogens with two attached hydrogens (primary N) is 1. The third-order valence-corrected chi connectivity index (χ3v) is 3.75. The Kier molecular flexibility index (Phi) is 4.86. The fourth-order valence-corrected chi connectivity index (χ4v) is 2.83. The summed E-state index contributed by atoms with van der Waals surface area (Å²) >= 11 is 9.44. The summed E-state index contributed by atoms with van der Waals surface area (Å²) in [6, 6.07) is 13.2. The first-order chi connectivity index (χ1) is 9.11. The Hall–Kier alpha value is -1.03. The number of hydrogen-bond acceptors (Lipinski definition) is 2. The molecule has 19 heavy (non-hydrogen) atoms. The van der Waals surface area contributed by atoms with Crippen molar-refractivity contribution in [3.05, 3.63) is 63.1 Å². The zero-order valence-electron chi connectivity index (χ0n) is 10.6. The topological polar surface area (TPSA) is 35.2 Å². The van der Waals surface area contributed by atoms with Crippen molar-refractivity contribution in [1.29, 1.82) is 0 Å². The molecule has 0 aromatic heterocycles. The summed E-state index contributed by atoms with van der Waals surface area (Å²) in [4.78, 5) is 0. The molecule has 2 aromatic carbocycles. The van der Waals surface area contributed by atoms with Gasteiger partial charge in [0, 0.05) is 9.50 Å². The van der Waals surface area contributed by atoms with Gasteiger partial charge in [0.2, 0.25) is 0 Å². The molecule has 0 amide bonds. The minimum atomic E-state index is -0.216. The zero-order chi connectivity index (χ0) is 13.8. The van der Waals surface area contributed by atoms with Crippen molar-refractivity contribution in [2.45, 2.75) is 13.0 Å². The van der Waals surface area contributed by atoms with Crippen molar-refractivity contribution in [2.75, 3.05) is 6.61 Å². The molecule has 0 aliphatic carbocycles. The first kappa shape index (κ1) is 14.4. The van der Waals surface area contributed by atoms with Gasteiger partial charge in [0.25, 0.3) is 0 Å². The van der Waals surface area contributed by atoms with E-state index in [0.717, 1.165) is 21.3 Å². The van der Waals surface area contributed by atoms with Gasteiger partial charge in [-0.2, -0.15) is 0 Å². The van der Waals surface area contributed by atoms with Gasteiger partial charge in [-0.15, -0.1) is 0 Å². The molecule has 0 heterocycles. The number of halogens is 2. The van der Waals surface area contributed by atoms with Crippen LogP contribution in [0.25, 0.3) is 0 Å². The van der Waals surface area contributed by atoms with E-state index in [1.165, 1.54) is 0 Å². The van der Waals surface area contributed by atoms with Crippen LogP contribution in [-0.4, -0.2) is 6.61 Å². The quantitative estimate of drug-likeness (QED) is 0.886. The van der Waals surface area contributed by atoms with Crippen molar-refractivity contribution in [3.8, 4) is 5.75 Å². The maximum atomic E-state index is 6.30. The second-order valence-electron chi connectivity index (χ2n) is 4.15. The summed E-state index contributed by atoms with van der Waals surface area (Å²) < 4.78 is 6.40. The summed E-state index contributed by atoms with van der Waals surface area (Å²) in [5.74, 6) is 0.834. The van der Waals surface area contributed by atoms with E-state index < -0.39 is 0 Å². The van der Waals surface area contributed by atoms with Crippen LogP contribution in [0.4, 0.5) is 0 Å². The minimum absolute atomic E-state index is 0.216. The van der Waals surface area contributed by atoms with E-state index in [1.54, 1.807) is 0 Å². The summed E-state index contributed by atoms with van der Waals surface area (Å²) in [5.41, 5.74) is 8.31. The average molecular weight is 341 g/mol. The molecule has 0 fully saturated rings. The Bertz CT molecular complexity index is 574. The highest BCUT2D eigenvalue weighted by molar-refractivity contribution is 9.10. The molecule has 2 N–H and O–H groups in total. The van der Waals surface area contributed by atoms with Crippen LogP contribution < -0.4 is 10.5 Å². The molecule has 0 saturated heterocycles. The Labute approximate surface area is 126 Å². The highest BCUT2D eigenvalue weighted by Gasteiger charge is 2.13. The SMILES string of the molecule is CCOc1cccc(C(N)c2ccc(Cl)cc2Br)c1. The van der Waals surface area contributed by atoms with Crippen LogP contribution in [0.3, 0.4) is 0 Å². The van der Waals surface area contributed by atoms with E-state index in [2.05, 4.69) is 15.9 Å². The van der Waals surface area contributed by atoms with Gasteiger partial charge in [-0.1, -0.05) is 45.7 Å². The molecule has 0 spiro atoms. The van der Waals surface area contributed by atoms with Crippen molar-refractivity contribution >= 4 is 27.5 Å². The Morgan fingerprint density at radius 2 is 2.05 bits per heavy atom. The standard InChI is InChI=1S/C15H15BrClNO/c1-2-19-12-5-3-4-10(8-12)15(18)13-7-6-11(17)9-14(13)16/h3-9,15H,2,18H2,1H3. The molecule has 0 saturated carbocycles. The van der Waals surface area contributed by atoms with E-state index in [0.29, 0.717) is 11.6 Å². The molecular formula is C15H15BrClNO. The lowest BCUT2D eigenvalue weighted by atomic mass is 9.99. The highest BCUT2D eigenvalue weighted by atomic mass is 79.9. The monoisotopic (exact) mass is 339 g/mol. The van der Waals surface area contributed by atoms with Crippen molar-refractivity contribution in [2.24, 2.45) is 5.73 Å². The molecule has 1 unspecified atom stereocenters. The lowest BCUT2D eigenvalue weighted by Crippen LogP contribution is -2.12. The minimum Gasteiger partial charge on any atom is -0.494 e. The largest absolute Gasteiger partial charge is 0.494 e. The molecule has 0 aliphatic rings. The lowest BCUT2D eigenvalue weighted by Gasteiger charge is -2.15. The molecule has 100 valence electrons. The van der Waals surface area contributed by atoms with Gasteiger partial charge in [0.15, 0.2) is 0 Å². The summed E-state index contributed by atoms with van der Waals surface area (Å²) in [6.45, 7) is 2.60. The van der Waals surface area contributed by atoms with Gasteiger partial charge in [-0.3, -0.25) is 0 Å². The second kappa shape index (κ2) is 6.42. The predicted octanol–water partition coefficient (Wildman–Crippen LogP) is 4.55. The van der Waals surface area contributed by atoms with E-state index >= 15 is 0 Å². The Morgan fingerprint density at radius 1 is 1.26 bits per heavy atom. The Balaban J connectivity index is 2.32. The number of ether oxygens (including phenoxy) is 1. The Morgan fingerprint density at radius 3 is 2.74 bits per heavy atom. The first-order valence-electron chi connectivity index (χ1n) is 6.05. The van der Waals surface area contributed by atoms with Crippen molar-refractivity contribution < 1.29 is 4.74 Å². The van der Waals surface area contributed by atoms with Crippen LogP contribution in [0, 0.1) is 0 Å². The van der Waals surface area contributed by atoms with E-state index in [-0.39, 0.29) is 6.04 Å². The first-order valence-corrected chi connectivity index (χ1v) is 7.22. The summed E-state index contributed by atoms with van der Waals surface area (Å²) in [6.07, 6.45) is 0. The number of benzene rings is 2. The van der Waals surface area contributed by atoms with E-state index in [9.17, 15) is 0 Å². The predicted molar refractivity (Wildman–Crippen MR) is 82.8 cm³/mol. The molecule has 0 aliphatic heterocycles. The fourth-order valence-electron chi connectivity index (χ4n) is 1.90. The maximum absolute atomic E-state index is 6.30. The molecule has 4 heteroatoms. The molecule has 1 atom stereocenters. The average Bonchev–Trinajstić information content (AvgIpc) is 2.39. The molecule has 2 nitrogen and oxygen atoms in total. The van der Waals surface area contributed by atoms with Crippen LogP contribution >= 0.6 is 27.5 Å². The second-order valence-corrected chi connectivity index (χ2v) is 5.44. The van der Waals surface area contributed by atoms with E-state index in [4.69, 9.17) is 22.1 Å². The fraction of sp³-hybridized carbons (Fsp3) is 0.200. The lowest BCUT2D eigenvalue weighted by molar-refractivity contribution is 0.340. The summed E-state index contributed by atoms with van der Waals surface area (Å²) in [5, 5.41) is 0.686. The summed E-state index contributed by atoms with van der Waals surface area (Å²) in [7, 11) is 0. The molecule has 0 radical (unpaired) electrons. The van der Waals surface area contributed by atoms with Crippen LogP contribution in [0.5, 0.6) is 5.75 Å². The van der Waals surface area contributed by atoms with Gasteiger partial charge in [0.1, 0.15) is 5.75 Å². The normalized spacial score (nSPS) is 12.2. The molecule has 2 rings (SSSR count). The highest BCUT2D eigenvalue weighted by Crippen LogP contribution is 2.30. The van der Waals surface area contributed by atoms with Crippen LogP contribution in [-0.2, 0) is 0 Å². The maximum Gasteiger partial charge on any atom is 0.119 e. The van der Waals surface area contributed by atoms with Crippen LogP contribution in [0.1, 0.15) is 24.1 Å². The van der Waals surface area contributed by atoms with Crippen LogP contribution in [0.2, 0.25) is 5.02 Å². The smallest absolute Gasteiger partial charge is 0.119 e. The van der Waals surface area contributed by atoms with Gasteiger partial charge < -0.3 is 10.5 Å². The third-order valence-electron chi connectivity index (χ3n) is 2.83. The zero-order valence-corrected chi connectivity index (χ0v) is 12.9. The molecule has 2 aromatic rings. The molecular weight excluding hydrogens is 326 g/mol. The van der Waals surface area contributed by atoms with Gasteiger partial charge in [-0.25, -0.2) is 0 Å².